The molecule has 0 saturated heterocycles. The normalized spacial score (nSPS) is 16.2. The number of benzene rings is 1. The van der Waals surface area contributed by atoms with Gasteiger partial charge < -0.3 is 27.8 Å². The molecule has 0 spiro atoms. The van der Waals surface area contributed by atoms with Crippen LogP contribution >= 0.6 is 0 Å². The molecule has 10 heteroatoms. The summed E-state index contributed by atoms with van der Waals surface area (Å²) in [5.41, 5.74) is -1.78. The maximum Gasteiger partial charge on any atom is 0.333 e. The summed E-state index contributed by atoms with van der Waals surface area (Å²) in [5, 5.41) is 0. The minimum absolute atomic E-state index is 0.0178. The first-order valence-electron chi connectivity index (χ1n) is 11.3. The van der Waals surface area contributed by atoms with Crippen molar-refractivity contribution in [3.8, 4) is 17.2 Å². The predicted octanol–water partition coefficient (Wildman–Crippen LogP) is 5.21. The fourth-order valence-electron chi connectivity index (χ4n) is 3.44. The minimum Gasteiger partial charge on any atom is -0.493 e. The van der Waals surface area contributed by atoms with Crippen molar-refractivity contribution in [2.45, 2.75) is 71.1 Å². The van der Waals surface area contributed by atoms with Crippen molar-refractivity contribution in [1.82, 2.24) is 0 Å². The molecular weight excluding hydrogens is 485 g/mol. The van der Waals surface area contributed by atoms with E-state index in [9.17, 15) is 4.79 Å². The molecule has 7 nitrogen and oxygen atoms in total. The quantitative estimate of drug-likeness (QED) is 0.161. The maximum absolute atomic E-state index is 13.1. The Labute approximate surface area is 210 Å². The third-order valence-corrected chi connectivity index (χ3v) is 7.94. The Kier molecular flexibility index (Phi) is 10.2. The highest BCUT2D eigenvalue weighted by Gasteiger charge is 2.55. The second kappa shape index (κ2) is 11.4. The van der Waals surface area contributed by atoms with Crippen LogP contribution < -0.4 is 14.2 Å². The summed E-state index contributed by atoms with van der Waals surface area (Å²) in [6.07, 6.45) is 2.94. The first-order chi connectivity index (χ1) is 15.4. The van der Waals surface area contributed by atoms with E-state index in [0.29, 0.717) is 22.8 Å². The molecule has 3 radical (unpaired) electrons. The first-order valence-corrected chi connectivity index (χ1v) is 18.6. The van der Waals surface area contributed by atoms with Gasteiger partial charge in [-0.25, -0.2) is 4.79 Å². The Bertz CT molecular complexity index is 875. The van der Waals surface area contributed by atoms with Gasteiger partial charge in [0, 0.05) is 11.6 Å². The third kappa shape index (κ3) is 7.70. The van der Waals surface area contributed by atoms with Gasteiger partial charge in [-0.05, 0) is 70.3 Å². The molecule has 0 heterocycles. The number of rotatable bonds is 12. The molecular formula is C24H41O7Si3. The van der Waals surface area contributed by atoms with Crippen molar-refractivity contribution in [1.29, 1.82) is 0 Å². The SMILES string of the molecule is COc1ccc(C=CC(=O)OC([Si])(O[Si](C)(C)C)C(C)(O[Si](C)(C)C)C(C)C)c(OC)c1OC. The van der Waals surface area contributed by atoms with Crippen LogP contribution in [-0.4, -0.2) is 65.2 Å². The highest BCUT2D eigenvalue weighted by molar-refractivity contribution is 6.70. The number of methoxy groups -OCH3 is 3. The molecule has 1 aromatic carbocycles. The van der Waals surface area contributed by atoms with Crippen molar-refractivity contribution in [3.05, 3.63) is 23.8 Å². The van der Waals surface area contributed by atoms with Gasteiger partial charge in [0.05, 0.1) is 21.3 Å². The smallest absolute Gasteiger partial charge is 0.333 e. The molecule has 0 amide bonds. The van der Waals surface area contributed by atoms with Gasteiger partial charge in [-0.15, -0.1) is 0 Å². The van der Waals surface area contributed by atoms with Gasteiger partial charge in [-0.1, -0.05) is 13.8 Å². The van der Waals surface area contributed by atoms with Gasteiger partial charge in [-0.3, -0.25) is 0 Å². The number of esters is 1. The zero-order chi connectivity index (χ0) is 26.5. The third-order valence-electron chi connectivity index (χ3n) is 5.10. The van der Waals surface area contributed by atoms with Crippen LogP contribution in [0.1, 0.15) is 26.3 Å². The lowest BCUT2D eigenvalue weighted by molar-refractivity contribution is -0.228. The maximum atomic E-state index is 13.1. The average molecular weight is 526 g/mol. The highest BCUT2D eigenvalue weighted by atomic mass is 28.4. The summed E-state index contributed by atoms with van der Waals surface area (Å²) in [5.74, 6) is 0.806. The van der Waals surface area contributed by atoms with E-state index in [-0.39, 0.29) is 5.92 Å². The highest BCUT2D eigenvalue weighted by Crippen LogP contribution is 2.41. The fraction of sp³-hybridized carbons (Fsp3) is 0.625. The van der Waals surface area contributed by atoms with Crippen molar-refractivity contribution in [2.75, 3.05) is 21.3 Å². The van der Waals surface area contributed by atoms with Gasteiger partial charge in [0.15, 0.2) is 28.1 Å². The molecule has 1 rings (SSSR count). The Morgan fingerprint density at radius 3 is 1.85 bits per heavy atom. The van der Waals surface area contributed by atoms with Crippen LogP contribution in [0.5, 0.6) is 17.2 Å². The molecule has 1 aromatic rings. The van der Waals surface area contributed by atoms with Crippen molar-refractivity contribution in [3.63, 3.8) is 0 Å². The lowest BCUT2D eigenvalue weighted by Crippen LogP contribution is -2.66. The fourth-order valence-corrected chi connectivity index (χ4v) is 7.65. The molecule has 0 bridgehead atoms. The largest absolute Gasteiger partial charge is 0.493 e. The summed E-state index contributed by atoms with van der Waals surface area (Å²) >= 11 is 0. The summed E-state index contributed by atoms with van der Waals surface area (Å²) in [7, 11) is 4.12. The monoisotopic (exact) mass is 525 g/mol. The number of hydrogen-bond acceptors (Lipinski definition) is 7. The lowest BCUT2D eigenvalue weighted by Gasteiger charge is -2.52. The second-order valence-corrected chi connectivity index (χ2v) is 20.0. The van der Waals surface area contributed by atoms with Gasteiger partial charge in [-0.2, -0.15) is 0 Å². The van der Waals surface area contributed by atoms with Crippen molar-refractivity contribution < 1.29 is 32.6 Å². The molecule has 0 saturated carbocycles. The van der Waals surface area contributed by atoms with E-state index in [0.717, 1.165) is 0 Å². The summed E-state index contributed by atoms with van der Waals surface area (Å²) in [6, 6.07) is 3.52. The first kappa shape index (κ1) is 30.4. The standard InChI is InChI=1S/C24H41O7Si3/c1-17(2)23(3,30-33(7,8)9)24(32,31-34(10,11)12)29-20(25)16-14-18-13-15-19(26-4)22(28-6)21(18)27-5/h13-17H,1-12H3. The Morgan fingerprint density at radius 2 is 1.44 bits per heavy atom. The molecule has 2 unspecified atom stereocenters. The molecule has 191 valence electrons. The van der Waals surface area contributed by atoms with Crippen LogP contribution in [0, 0.1) is 5.92 Å². The van der Waals surface area contributed by atoms with E-state index in [4.69, 9.17) is 27.8 Å². The summed E-state index contributed by atoms with van der Waals surface area (Å²) in [6.45, 7) is 18.4. The molecule has 0 N–H and O–H groups in total. The molecule has 0 aliphatic rings. The number of carbonyl (C=O) groups is 1. The van der Waals surface area contributed by atoms with E-state index in [1.165, 1.54) is 20.3 Å². The van der Waals surface area contributed by atoms with Crippen molar-refractivity contribution in [2.24, 2.45) is 5.92 Å². The number of carbonyl (C=O) groups excluding carboxylic acids is 1. The Hall–Kier alpha value is -1.60. The van der Waals surface area contributed by atoms with E-state index < -0.39 is 33.6 Å². The lowest BCUT2D eigenvalue weighted by atomic mass is 9.91. The Balaban J connectivity index is 3.41. The molecule has 0 fully saturated rings. The molecule has 2 atom stereocenters. The van der Waals surface area contributed by atoms with Crippen LogP contribution in [0.15, 0.2) is 18.2 Å². The van der Waals surface area contributed by atoms with Gasteiger partial charge in [0.2, 0.25) is 11.2 Å². The predicted molar refractivity (Wildman–Crippen MR) is 142 cm³/mol. The van der Waals surface area contributed by atoms with Crippen LogP contribution in [0.25, 0.3) is 6.08 Å². The second-order valence-electron chi connectivity index (χ2n) is 10.5. The van der Waals surface area contributed by atoms with Crippen molar-refractivity contribution >= 4 is 38.9 Å². The molecule has 0 aliphatic heterocycles. The van der Waals surface area contributed by atoms with Gasteiger partial charge in [0.1, 0.15) is 15.8 Å². The van der Waals surface area contributed by atoms with Gasteiger partial charge >= 0.3 is 5.97 Å². The van der Waals surface area contributed by atoms with Crippen LogP contribution in [0.3, 0.4) is 0 Å². The number of ether oxygens (including phenoxy) is 4. The zero-order valence-corrected chi connectivity index (χ0v) is 25.7. The Morgan fingerprint density at radius 1 is 0.912 bits per heavy atom. The van der Waals surface area contributed by atoms with Gasteiger partial charge in [0.25, 0.3) is 0 Å². The molecule has 0 aliphatic carbocycles. The van der Waals surface area contributed by atoms with E-state index in [2.05, 4.69) is 29.9 Å². The van der Waals surface area contributed by atoms with E-state index in [1.54, 1.807) is 25.3 Å². The molecule has 0 aromatic heterocycles. The summed E-state index contributed by atoms with van der Waals surface area (Å²) in [4.78, 5) is 13.1. The number of hydrogen-bond donors (Lipinski definition) is 0. The van der Waals surface area contributed by atoms with Crippen LogP contribution in [0.4, 0.5) is 0 Å². The summed E-state index contributed by atoms with van der Waals surface area (Å²) < 4.78 is 35.3. The molecule has 34 heavy (non-hydrogen) atoms. The van der Waals surface area contributed by atoms with E-state index in [1.807, 2.05) is 40.4 Å². The average Bonchev–Trinajstić information content (AvgIpc) is 2.68. The topological polar surface area (TPSA) is 72.5 Å². The van der Waals surface area contributed by atoms with Crippen LogP contribution in [0.2, 0.25) is 39.3 Å². The zero-order valence-electron chi connectivity index (χ0n) is 22.7. The minimum atomic E-state index is -2.18. The van der Waals surface area contributed by atoms with E-state index >= 15 is 0 Å². The van der Waals surface area contributed by atoms with Crippen LogP contribution in [-0.2, 0) is 18.4 Å².